The first-order valence-electron chi connectivity index (χ1n) is 10.8. The quantitative estimate of drug-likeness (QED) is 0.280. The predicted molar refractivity (Wildman–Crippen MR) is 143 cm³/mol. The maximum absolute atomic E-state index is 12.9. The van der Waals surface area contributed by atoms with E-state index in [1.165, 1.54) is 12.7 Å². The third kappa shape index (κ3) is 4.98. The average molecular weight is 538 g/mol. The smallest absolute Gasteiger partial charge is 0.261 e. The fourth-order valence-corrected chi connectivity index (χ4v) is 4.47. The molecule has 4 aromatic rings. The number of halogens is 1. The van der Waals surface area contributed by atoms with Crippen LogP contribution in [0.25, 0.3) is 22.6 Å². The standard InChI is InChI=1S/C26H24BrN3O3S/c1-5-16-7-9-22-21(11-16)28-25(33-22)17-8-6-14(2)20(12-17)29-26(34)30-24(31)19-13-18(27)10-15(3)23(19)32-4/h6-13H,5H2,1-4H3,(H2,29,30,31,34). The lowest BCUT2D eigenvalue weighted by molar-refractivity contribution is 0.0974. The van der Waals surface area contributed by atoms with Crippen LogP contribution in [-0.4, -0.2) is 23.1 Å². The van der Waals surface area contributed by atoms with Gasteiger partial charge in [0, 0.05) is 15.7 Å². The first kappa shape index (κ1) is 23.9. The van der Waals surface area contributed by atoms with E-state index in [4.69, 9.17) is 21.4 Å². The number of fused-ring (bicyclic) bond motifs is 1. The van der Waals surface area contributed by atoms with Gasteiger partial charge in [-0.3, -0.25) is 10.1 Å². The Morgan fingerprint density at radius 3 is 2.65 bits per heavy atom. The second-order valence-corrected chi connectivity index (χ2v) is 9.24. The summed E-state index contributed by atoms with van der Waals surface area (Å²) in [6.07, 6.45) is 0.936. The fourth-order valence-electron chi connectivity index (χ4n) is 3.70. The van der Waals surface area contributed by atoms with Crippen LogP contribution < -0.4 is 15.4 Å². The number of hydrogen-bond donors (Lipinski definition) is 2. The second kappa shape index (κ2) is 9.95. The number of methoxy groups -OCH3 is 1. The minimum Gasteiger partial charge on any atom is -0.496 e. The Morgan fingerprint density at radius 2 is 1.91 bits per heavy atom. The molecule has 4 rings (SSSR count). The van der Waals surface area contributed by atoms with Gasteiger partial charge in [0.15, 0.2) is 10.7 Å². The summed E-state index contributed by atoms with van der Waals surface area (Å²) >= 11 is 8.85. The zero-order valence-electron chi connectivity index (χ0n) is 19.3. The number of aromatic nitrogens is 1. The molecule has 3 aromatic carbocycles. The molecule has 8 heteroatoms. The topological polar surface area (TPSA) is 76.4 Å². The van der Waals surface area contributed by atoms with E-state index in [-0.39, 0.29) is 11.0 Å². The molecule has 0 atom stereocenters. The van der Waals surface area contributed by atoms with Crippen molar-refractivity contribution >= 4 is 56.0 Å². The maximum Gasteiger partial charge on any atom is 0.261 e. The zero-order valence-corrected chi connectivity index (χ0v) is 21.7. The van der Waals surface area contributed by atoms with Crippen LogP contribution in [0.5, 0.6) is 5.75 Å². The molecule has 6 nitrogen and oxygen atoms in total. The van der Waals surface area contributed by atoms with Gasteiger partial charge in [-0.2, -0.15) is 0 Å². The Labute approximate surface area is 211 Å². The average Bonchev–Trinajstić information content (AvgIpc) is 3.23. The number of oxazole rings is 1. The van der Waals surface area contributed by atoms with Gasteiger partial charge in [0.2, 0.25) is 5.89 Å². The predicted octanol–water partition coefficient (Wildman–Crippen LogP) is 6.57. The van der Waals surface area contributed by atoms with E-state index in [9.17, 15) is 4.79 Å². The van der Waals surface area contributed by atoms with Crippen LogP contribution in [0.15, 0.2) is 57.4 Å². The number of anilines is 1. The highest BCUT2D eigenvalue weighted by Gasteiger charge is 2.17. The number of ether oxygens (including phenoxy) is 1. The van der Waals surface area contributed by atoms with Gasteiger partial charge < -0.3 is 14.5 Å². The summed E-state index contributed by atoms with van der Waals surface area (Å²) in [6, 6.07) is 15.4. The molecule has 0 saturated heterocycles. The number of carbonyl (C=O) groups excluding carboxylic acids is 1. The van der Waals surface area contributed by atoms with Crippen LogP contribution in [0.2, 0.25) is 0 Å². The molecule has 174 valence electrons. The van der Waals surface area contributed by atoms with Crippen molar-refractivity contribution in [2.24, 2.45) is 0 Å². The molecule has 0 aliphatic heterocycles. The Hall–Kier alpha value is -3.23. The van der Waals surface area contributed by atoms with Gasteiger partial charge in [-0.05, 0) is 85.6 Å². The highest BCUT2D eigenvalue weighted by Crippen LogP contribution is 2.29. The molecule has 0 aliphatic carbocycles. The molecule has 1 amide bonds. The van der Waals surface area contributed by atoms with Gasteiger partial charge in [-0.1, -0.05) is 35.0 Å². The fraction of sp³-hybridized carbons (Fsp3) is 0.192. The van der Waals surface area contributed by atoms with Gasteiger partial charge in [0.25, 0.3) is 5.91 Å². The van der Waals surface area contributed by atoms with E-state index in [1.54, 1.807) is 6.07 Å². The Morgan fingerprint density at radius 1 is 1.12 bits per heavy atom. The van der Waals surface area contributed by atoms with Gasteiger partial charge in [0.1, 0.15) is 11.3 Å². The van der Waals surface area contributed by atoms with E-state index in [2.05, 4.69) is 38.5 Å². The molecule has 0 spiro atoms. The van der Waals surface area contributed by atoms with E-state index >= 15 is 0 Å². The molecule has 2 N–H and O–H groups in total. The molecular formula is C26H24BrN3O3S. The Balaban J connectivity index is 1.55. The Bertz CT molecular complexity index is 1410. The summed E-state index contributed by atoms with van der Waals surface area (Å²) in [4.78, 5) is 17.5. The van der Waals surface area contributed by atoms with Crippen LogP contribution >= 0.6 is 28.1 Å². The summed E-state index contributed by atoms with van der Waals surface area (Å²) in [5.74, 6) is 0.665. The van der Waals surface area contributed by atoms with Crippen molar-refractivity contribution in [1.82, 2.24) is 10.3 Å². The SMILES string of the molecule is CCc1ccc2oc(-c3ccc(C)c(NC(=S)NC(=O)c4cc(Br)cc(C)c4OC)c3)nc2c1. The molecule has 0 aliphatic rings. The van der Waals surface area contributed by atoms with Crippen LogP contribution in [0.1, 0.15) is 34.0 Å². The van der Waals surface area contributed by atoms with Crippen molar-refractivity contribution in [3.05, 3.63) is 75.3 Å². The highest BCUT2D eigenvalue weighted by molar-refractivity contribution is 9.10. The number of hydrogen-bond acceptors (Lipinski definition) is 5. The van der Waals surface area contributed by atoms with Crippen molar-refractivity contribution in [1.29, 1.82) is 0 Å². The maximum atomic E-state index is 12.9. The number of carbonyl (C=O) groups is 1. The van der Waals surface area contributed by atoms with Crippen LogP contribution in [0.4, 0.5) is 5.69 Å². The molecule has 1 aromatic heterocycles. The van der Waals surface area contributed by atoms with Gasteiger partial charge in [-0.25, -0.2) is 4.98 Å². The highest BCUT2D eigenvalue weighted by atomic mass is 79.9. The minimum atomic E-state index is -0.363. The first-order valence-corrected chi connectivity index (χ1v) is 12.0. The normalized spacial score (nSPS) is 10.9. The minimum absolute atomic E-state index is 0.176. The lowest BCUT2D eigenvalue weighted by Crippen LogP contribution is -2.34. The van der Waals surface area contributed by atoms with E-state index in [0.29, 0.717) is 17.2 Å². The molecule has 34 heavy (non-hydrogen) atoms. The zero-order chi connectivity index (χ0) is 24.4. The molecule has 0 fully saturated rings. The molecule has 1 heterocycles. The third-order valence-electron chi connectivity index (χ3n) is 5.51. The number of aryl methyl sites for hydroxylation is 3. The van der Waals surface area contributed by atoms with E-state index in [0.717, 1.165) is 44.4 Å². The number of benzene rings is 3. The van der Waals surface area contributed by atoms with E-state index in [1.807, 2.05) is 56.3 Å². The molecular weight excluding hydrogens is 514 g/mol. The van der Waals surface area contributed by atoms with E-state index < -0.39 is 0 Å². The van der Waals surface area contributed by atoms with Crippen molar-refractivity contribution in [3.63, 3.8) is 0 Å². The van der Waals surface area contributed by atoms with Crippen molar-refractivity contribution < 1.29 is 13.9 Å². The van der Waals surface area contributed by atoms with Crippen molar-refractivity contribution in [2.75, 3.05) is 12.4 Å². The van der Waals surface area contributed by atoms with Gasteiger partial charge in [0.05, 0.1) is 12.7 Å². The van der Waals surface area contributed by atoms with Crippen molar-refractivity contribution in [3.8, 4) is 17.2 Å². The summed E-state index contributed by atoms with van der Waals surface area (Å²) in [5.41, 5.74) is 6.51. The lowest BCUT2D eigenvalue weighted by atomic mass is 10.1. The number of nitrogens with one attached hydrogen (secondary N) is 2. The number of amides is 1. The molecule has 0 radical (unpaired) electrons. The van der Waals surface area contributed by atoms with Gasteiger partial charge in [-0.15, -0.1) is 0 Å². The summed E-state index contributed by atoms with van der Waals surface area (Å²) in [5, 5.41) is 6.03. The van der Waals surface area contributed by atoms with Crippen LogP contribution in [0.3, 0.4) is 0 Å². The van der Waals surface area contributed by atoms with Crippen LogP contribution in [-0.2, 0) is 6.42 Å². The molecule has 0 unspecified atom stereocenters. The summed E-state index contributed by atoms with van der Waals surface area (Å²) < 4.78 is 12.2. The monoisotopic (exact) mass is 537 g/mol. The second-order valence-electron chi connectivity index (χ2n) is 7.92. The number of thiocarbonyl (C=S) groups is 1. The van der Waals surface area contributed by atoms with Crippen molar-refractivity contribution in [2.45, 2.75) is 27.2 Å². The van der Waals surface area contributed by atoms with Crippen LogP contribution in [0, 0.1) is 13.8 Å². The summed E-state index contributed by atoms with van der Waals surface area (Å²) in [6.45, 7) is 5.94. The van der Waals surface area contributed by atoms with Gasteiger partial charge >= 0.3 is 0 Å². The largest absolute Gasteiger partial charge is 0.496 e. The summed E-state index contributed by atoms with van der Waals surface area (Å²) in [7, 11) is 1.54. The lowest BCUT2D eigenvalue weighted by Gasteiger charge is -2.15. The number of nitrogens with zero attached hydrogens (tertiary/aromatic N) is 1. The third-order valence-corrected chi connectivity index (χ3v) is 6.17. The molecule has 0 saturated carbocycles. The first-order chi connectivity index (χ1) is 16.3. The Kier molecular flexibility index (Phi) is 7.00. The number of rotatable bonds is 5. The molecule has 0 bridgehead atoms.